The van der Waals surface area contributed by atoms with Crippen molar-refractivity contribution in [2.45, 2.75) is 25.7 Å². The van der Waals surface area contributed by atoms with Crippen molar-refractivity contribution in [1.29, 1.82) is 0 Å². The number of ether oxygens (including phenoxy) is 1. The van der Waals surface area contributed by atoms with Gasteiger partial charge in [0.1, 0.15) is 17.3 Å². The number of benzene rings is 2. The molecule has 0 radical (unpaired) electrons. The lowest BCUT2D eigenvalue weighted by Crippen LogP contribution is -2.40. The number of anilines is 2. The van der Waals surface area contributed by atoms with Crippen molar-refractivity contribution in [1.82, 2.24) is 14.9 Å². The van der Waals surface area contributed by atoms with Crippen molar-refractivity contribution in [2.24, 2.45) is 5.92 Å². The third-order valence-electron chi connectivity index (χ3n) is 8.05. The first kappa shape index (κ1) is 29.0. The van der Waals surface area contributed by atoms with Crippen LogP contribution < -0.4 is 15.0 Å². The van der Waals surface area contributed by atoms with Crippen molar-refractivity contribution in [3.8, 4) is 11.6 Å². The van der Waals surface area contributed by atoms with Crippen LogP contribution in [0.3, 0.4) is 0 Å². The summed E-state index contributed by atoms with van der Waals surface area (Å²) in [5.74, 6) is -0.250. The molecule has 9 nitrogen and oxygen atoms in total. The van der Waals surface area contributed by atoms with E-state index in [0.29, 0.717) is 43.2 Å². The number of hydrogen-bond donors (Lipinski definition) is 1. The minimum absolute atomic E-state index is 0.117. The van der Waals surface area contributed by atoms with E-state index in [1.54, 1.807) is 23.1 Å². The number of hydrogen-bond acceptors (Lipinski definition) is 7. The van der Waals surface area contributed by atoms with Crippen molar-refractivity contribution in [3.05, 3.63) is 108 Å². The van der Waals surface area contributed by atoms with Crippen LogP contribution in [0.1, 0.15) is 56.9 Å². The standard InChI is InChI=1S/C34H32FN5O4/c35-26-6-11-29(12-7-26)44-31-14-8-27(22-37-31)38-33(42)25-5-13-30(36-21-25)34(43)40-19-15-24(16-20-40)32(41)23-3-9-28(10-4-23)39-17-1-2-18-39/h3-14,21-22,24H,1-2,15-20H2,(H,38,42). The van der Waals surface area contributed by atoms with Gasteiger partial charge in [0.15, 0.2) is 5.78 Å². The van der Waals surface area contributed by atoms with Crippen LogP contribution in [0.5, 0.6) is 11.6 Å². The van der Waals surface area contributed by atoms with Gasteiger partial charge in [-0.25, -0.2) is 9.37 Å². The van der Waals surface area contributed by atoms with Crippen molar-refractivity contribution >= 4 is 29.0 Å². The number of rotatable bonds is 8. The first-order valence-electron chi connectivity index (χ1n) is 14.8. The summed E-state index contributed by atoms with van der Waals surface area (Å²) >= 11 is 0. The molecule has 0 unspecified atom stereocenters. The number of nitrogens with zero attached hydrogens (tertiary/aromatic N) is 4. The van der Waals surface area contributed by atoms with Gasteiger partial charge >= 0.3 is 0 Å². The minimum Gasteiger partial charge on any atom is -0.439 e. The SMILES string of the molecule is O=C(Nc1ccc(Oc2ccc(F)cc2)nc1)c1ccc(C(=O)N2CCC(C(=O)c3ccc(N4CCCC4)cc3)CC2)nc1. The number of Topliss-reactive ketones (excluding diaryl/α,β-unsaturated/α-hetero) is 1. The molecule has 2 aliphatic rings. The van der Waals surface area contributed by atoms with Gasteiger partial charge in [-0.3, -0.25) is 19.4 Å². The second-order valence-electron chi connectivity index (χ2n) is 11.0. The molecule has 2 aromatic heterocycles. The molecule has 4 aromatic rings. The van der Waals surface area contributed by atoms with Gasteiger partial charge < -0.3 is 19.9 Å². The fourth-order valence-electron chi connectivity index (χ4n) is 5.55. The van der Waals surface area contributed by atoms with Crippen LogP contribution in [0.15, 0.2) is 85.2 Å². The van der Waals surface area contributed by atoms with Crippen LogP contribution in [-0.2, 0) is 0 Å². The van der Waals surface area contributed by atoms with Crippen LogP contribution in [0.4, 0.5) is 15.8 Å². The van der Waals surface area contributed by atoms with Crippen LogP contribution in [0.2, 0.25) is 0 Å². The smallest absolute Gasteiger partial charge is 0.272 e. The zero-order chi connectivity index (χ0) is 30.5. The molecule has 4 heterocycles. The Balaban J connectivity index is 0.985. The number of aromatic nitrogens is 2. The van der Waals surface area contributed by atoms with Crippen LogP contribution in [-0.4, -0.2) is 58.6 Å². The van der Waals surface area contributed by atoms with Gasteiger partial charge in [0, 0.05) is 55.6 Å². The Morgan fingerprint density at radius 2 is 1.48 bits per heavy atom. The van der Waals surface area contributed by atoms with E-state index in [0.717, 1.165) is 24.3 Å². The Hall–Kier alpha value is -5.12. The zero-order valence-corrected chi connectivity index (χ0v) is 24.1. The summed E-state index contributed by atoms with van der Waals surface area (Å²) in [5.41, 5.74) is 2.86. The van der Waals surface area contributed by atoms with E-state index in [4.69, 9.17) is 4.74 Å². The molecule has 0 aliphatic carbocycles. The second kappa shape index (κ2) is 13.0. The normalized spacial score (nSPS) is 15.2. The second-order valence-corrected chi connectivity index (χ2v) is 11.0. The Morgan fingerprint density at radius 3 is 2.11 bits per heavy atom. The molecule has 0 bridgehead atoms. The molecule has 2 aromatic carbocycles. The lowest BCUT2D eigenvalue weighted by Gasteiger charge is -2.31. The Labute approximate surface area is 254 Å². The molecule has 2 saturated heterocycles. The molecule has 0 atom stereocenters. The van der Waals surface area contributed by atoms with E-state index in [9.17, 15) is 18.8 Å². The van der Waals surface area contributed by atoms with Crippen molar-refractivity contribution in [3.63, 3.8) is 0 Å². The van der Waals surface area contributed by atoms with Crippen LogP contribution >= 0.6 is 0 Å². The van der Waals surface area contributed by atoms with Crippen molar-refractivity contribution < 1.29 is 23.5 Å². The van der Waals surface area contributed by atoms with Gasteiger partial charge in [0.05, 0.1) is 17.4 Å². The van der Waals surface area contributed by atoms with E-state index in [2.05, 4.69) is 20.2 Å². The van der Waals surface area contributed by atoms with E-state index in [1.165, 1.54) is 55.6 Å². The maximum atomic E-state index is 13.1. The maximum Gasteiger partial charge on any atom is 0.272 e. The molecule has 6 rings (SSSR count). The van der Waals surface area contributed by atoms with Gasteiger partial charge in [-0.05, 0) is 92.4 Å². The fraction of sp³-hybridized carbons (Fsp3) is 0.265. The number of carbonyl (C=O) groups is 3. The molecule has 2 aliphatic heterocycles. The molecular formula is C34H32FN5O4. The molecule has 2 fully saturated rings. The highest BCUT2D eigenvalue weighted by molar-refractivity contribution is 6.04. The highest BCUT2D eigenvalue weighted by Gasteiger charge is 2.29. The number of ketones is 1. The summed E-state index contributed by atoms with van der Waals surface area (Å²) < 4.78 is 18.6. The number of piperidine rings is 1. The molecule has 0 saturated carbocycles. The summed E-state index contributed by atoms with van der Waals surface area (Å²) in [7, 11) is 0. The average molecular weight is 594 g/mol. The summed E-state index contributed by atoms with van der Waals surface area (Å²) in [6.45, 7) is 3.07. The first-order chi connectivity index (χ1) is 21.4. The lowest BCUT2D eigenvalue weighted by molar-refractivity contribution is 0.0645. The van der Waals surface area contributed by atoms with Gasteiger partial charge in [-0.1, -0.05) is 0 Å². The molecule has 10 heteroatoms. The fourth-order valence-corrected chi connectivity index (χ4v) is 5.55. The Kier molecular flexibility index (Phi) is 8.58. The quantitative estimate of drug-likeness (QED) is 0.250. The van der Waals surface area contributed by atoms with Gasteiger partial charge in [-0.15, -0.1) is 0 Å². The number of amides is 2. The van der Waals surface area contributed by atoms with Gasteiger partial charge in [-0.2, -0.15) is 0 Å². The number of likely N-dealkylation sites (tertiary alicyclic amines) is 1. The highest BCUT2D eigenvalue weighted by Crippen LogP contribution is 2.26. The monoisotopic (exact) mass is 593 g/mol. The first-order valence-corrected chi connectivity index (χ1v) is 14.8. The van der Waals surface area contributed by atoms with E-state index in [-0.39, 0.29) is 34.7 Å². The average Bonchev–Trinajstić information content (AvgIpc) is 3.62. The largest absolute Gasteiger partial charge is 0.439 e. The number of halogens is 1. The molecule has 224 valence electrons. The summed E-state index contributed by atoms with van der Waals surface area (Å²) in [6.07, 6.45) is 6.42. The maximum absolute atomic E-state index is 13.1. The lowest BCUT2D eigenvalue weighted by atomic mass is 9.88. The number of pyridine rings is 2. The van der Waals surface area contributed by atoms with Crippen LogP contribution in [0, 0.1) is 11.7 Å². The molecule has 1 N–H and O–H groups in total. The summed E-state index contributed by atoms with van der Waals surface area (Å²) in [6, 6.07) is 19.8. The van der Waals surface area contributed by atoms with Crippen LogP contribution in [0.25, 0.3) is 0 Å². The predicted octanol–water partition coefficient (Wildman–Crippen LogP) is 6.00. The molecule has 0 spiro atoms. The minimum atomic E-state index is -0.404. The third-order valence-corrected chi connectivity index (χ3v) is 8.05. The van der Waals surface area contributed by atoms with Crippen molar-refractivity contribution in [2.75, 3.05) is 36.4 Å². The summed E-state index contributed by atoms with van der Waals surface area (Å²) in [4.78, 5) is 51.4. The summed E-state index contributed by atoms with van der Waals surface area (Å²) in [5, 5.41) is 2.74. The van der Waals surface area contributed by atoms with E-state index >= 15 is 0 Å². The number of carbonyl (C=O) groups excluding carboxylic acids is 3. The highest BCUT2D eigenvalue weighted by atomic mass is 19.1. The molecule has 2 amide bonds. The predicted molar refractivity (Wildman–Crippen MR) is 164 cm³/mol. The third kappa shape index (κ3) is 6.75. The number of nitrogens with one attached hydrogen (secondary N) is 1. The zero-order valence-electron chi connectivity index (χ0n) is 24.1. The topological polar surface area (TPSA) is 105 Å². The Bertz CT molecular complexity index is 1610. The molecular weight excluding hydrogens is 561 g/mol. The van der Waals surface area contributed by atoms with E-state index in [1.807, 2.05) is 24.3 Å². The molecule has 44 heavy (non-hydrogen) atoms. The van der Waals surface area contributed by atoms with Gasteiger partial charge in [0.2, 0.25) is 5.88 Å². The van der Waals surface area contributed by atoms with Gasteiger partial charge in [0.25, 0.3) is 11.8 Å². The Morgan fingerprint density at radius 1 is 0.773 bits per heavy atom. The van der Waals surface area contributed by atoms with E-state index < -0.39 is 5.91 Å².